The number of thiophene rings is 1. The first-order valence-corrected chi connectivity index (χ1v) is 15.2. The molecule has 9 aromatic rings. The normalized spacial score (nSPS) is 11.6. The molecule has 0 aliphatic carbocycles. The summed E-state index contributed by atoms with van der Waals surface area (Å²) in [5.74, 6) is 2.26. The highest BCUT2D eigenvalue weighted by molar-refractivity contribution is 7.26. The van der Waals surface area contributed by atoms with Gasteiger partial charge in [0.15, 0.2) is 17.5 Å². The highest BCUT2D eigenvalue weighted by atomic mass is 32.1. The molecule has 0 spiro atoms. The summed E-state index contributed by atoms with van der Waals surface area (Å²) in [5, 5.41) is 4.82. The third-order valence-corrected chi connectivity index (χ3v) is 9.14. The maximum Gasteiger partial charge on any atom is 0.235 e. The average molecular weight is 583 g/mol. The van der Waals surface area contributed by atoms with Gasteiger partial charge in [-0.1, -0.05) is 109 Å². The van der Waals surface area contributed by atoms with Crippen LogP contribution in [0.15, 0.2) is 134 Å². The summed E-state index contributed by atoms with van der Waals surface area (Å²) >= 11 is 1.81. The molecular formula is C37H22N6S. The summed E-state index contributed by atoms with van der Waals surface area (Å²) in [6, 6.07) is 43.3. The van der Waals surface area contributed by atoms with E-state index in [1.165, 1.54) is 25.6 Å². The second-order valence-corrected chi connectivity index (χ2v) is 11.6. The molecule has 0 N–H and O–H groups in total. The topological polar surface area (TPSA) is 69.4 Å². The summed E-state index contributed by atoms with van der Waals surface area (Å²) < 4.78 is 4.66. The number of hydrogen-bond donors (Lipinski definition) is 0. The van der Waals surface area contributed by atoms with Crippen molar-refractivity contribution in [3.05, 3.63) is 134 Å². The number of benzene rings is 5. The summed E-state index contributed by atoms with van der Waals surface area (Å²) in [7, 11) is 0. The van der Waals surface area contributed by atoms with Crippen molar-refractivity contribution in [3.8, 4) is 40.2 Å². The Morgan fingerprint density at radius 2 is 1.09 bits per heavy atom. The Bertz CT molecular complexity index is 2440. The van der Waals surface area contributed by atoms with Gasteiger partial charge < -0.3 is 0 Å². The Balaban J connectivity index is 1.30. The third kappa shape index (κ3) is 3.91. The first-order valence-electron chi connectivity index (χ1n) is 14.4. The van der Waals surface area contributed by atoms with Crippen molar-refractivity contribution in [3.63, 3.8) is 0 Å². The molecule has 6 nitrogen and oxygen atoms in total. The molecule has 0 atom stereocenters. The number of para-hydroxylation sites is 1. The van der Waals surface area contributed by atoms with Crippen LogP contribution in [0.1, 0.15) is 0 Å². The van der Waals surface area contributed by atoms with Crippen LogP contribution in [0.4, 0.5) is 0 Å². The molecule has 0 bridgehead atoms. The minimum absolute atomic E-state index is 0.495. The fourth-order valence-corrected chi connectivity index (χ4v) is 7.18. The first-order chi connectivity index (χ1) is 21.8. The van der Waals surface area contributed by atoms with E-state index >= 15 is 0 Å². The van der Waals surface area contributed by atoms with Gasteiger partial charge >= 0.3 is 0 Å². The zero-order valence-electron chi connectivity index (χ0n) is 23.3. The maximum absolute atomic E-state index is 5.12. The molecule has 44 heavy (non-hydrogen) atoms. The molecule has 9 rings (SSSR count). The molecule has 0 saturated heterocycles. The van der Waals surface area contributed by atoms with Crippen LogP contribution in [0.3, 0.4) is 0 Å². The molecule has 206 valence electrons. The summed E-state index contributed by atoms with van der Waals surface area (Å²) in [4.78, 5) is 24.6. The Morgan fingerprint density at radius 1 is 0.477 bits per heavy atom. The first kappa shape index (κ1) is 24.8. The molecular weight excluding hydrogens is 561 g/mol. The van der Waals surface area contributed by atoms with Crippen molar-refractivity contribution >= 4 is 53.3 Å². The van der Waals surface area contributed by atoms with E-state index in [9.17, 15) is 0 Å². The SMILES string of the molecule is c1ccc(-c2nc(-c3ccccc3)nc(-c3ccnc(-n4c5ccccc5c5ccc6c7ccccc7sc6c54)n3)n2)cc1. The van der Waals surface area contributed by atoms with E-state index in [1.54, 1.807) is 17.5 Å². The lowest BCUT2D eigenvalue weighted by Crippen LogP contribution is -2.05. The van der Waals surface area contributed by atoms with Crippen LogP contribution < -0.4 is 0 Å². The lowest BCUT2D eigenvalue weighted by molar-refractivity contribution is 0.977. The Labute approximate surface area is 256 Å². The van der Waals surface area contributed by atoms with Crippen LogP contribution in [0.25, 0.3) is 82.2 Å². The largest absolute Gasteiger partial charge is 0.276 e. The molecule has 4 heterocycles. The van der Waals surface area contributed by atoms with Gasteiger partial charge in [-0.3, -0.25) is 4.57 Å². The van der Waals surface area contributed by atoms with E-state index in [-0.39, 0.29) is 0 Å². The monoisotopic (exact) mass is 582 g/mol. The zero-order chi connectivity index (χ0) is 29.0. The van der Waals surface area contributed by atoms with Gasteiger partial charge in [0.1, 0.15) is 5.69 Å². The van der Waals surface area contributed by atoms with Crippen molar-refractivity contribution in [1.29, 1.82) is 0 Å². The van der Waals surface area contributed by atoms with Gasteiger partial charge in [-0.15, -0.1) is 11.3 Å². The van der Waals surface area contributed by atoms with E-state index in [0.29, 0.717) is 29.1 Å². The molecule has 0 saturated carbocycles. The van der Waals surface area contributed by atoms with Gasteiger partial charge in [0.2, 0.25) is 5.95 Å². The van der Waals surface area contributed by atoms with Crippen LogP contribution in [0.2, 0.25) is 0 Å². The van der Waals surface area contributed by atoms with Crippen LogP contribution in [-0.4, -0.2) is 29.5 Å². The van der Waals surface area contributed by atoms with Crippen molar-refractivity contribution < 1.29 is 0 Å². The molecule has 7 heteroatoms. The number of nitrogens with zero attached hydrogens (tertiary/aromatic N) is 6. The standard InChI is InChI=1S/C37H22N6S/c1-3-11-23(12-4-1)34-40-35(24-13-5-2-6-14-24)42-36(41-34)29-21-22-38-37(39-29)43-30-17-9-7-15-25(30)27-19-20-28-26-16-8-10-18-31(26)44-33(28)32(27)43/h1-22H. The smallest absolute Gasteiger partial charge is 0.235 e. The molecule has 5 aromatic carbocycles. The number of hydrogen-bond acceptors (Lipinski definition) is 6. The van der Waals surface area contributed by atoms with E-state index in [4.69, 9.17) is 24.9 Å². The highest BCUT2D eigenvalue weighted by Gasteiger charge is 2.20. The Hall–Kier alpha value is -5.79. The van der Waals surface area contributed by atoms with Crippen LogP contribution in [0.5, 0.6) is 0 Å². The lowest BCUT2D eigenvalue weighted by Gasteiger charge is -2.10. The van der Waals surface area contributed by atoms with E-state index in [2.05, 4.69) is 65.2 Å². The molecule has 4 aromatic heterocycles. The van der Waals surface area contributed by atoms with E-state index in [0.717, 1.165) is 27.5 Å². The van der Waals surface area contributed by atoms with Crippen LogP contribution >= 0.6 is 11.3 Å². The van der Waals surface area contributed by atoms with E-state index < -0.39 is 0 Å². The van der Waals surface area contributed by atoms with Gasteiger partial charge in [0.05, 0.1) is 15.7 Å². The number of aromatic nitrogens is 6. The summed E-state index contributed by atoms with van der Waals surface area (Å²) in [6.07, 6.45) is 1.79. The molecule has 0 unspecified atom stereocenters. The fraction of sp³-hybridized carbons (Fsp3) is 0. The minimum Gasteiger partial charge on any atom is -0.276 e. The molecule has 0 radical (unpaired) electrons. The van der Waals surface area contributed by atoms with E-state index in [1.807, 2.05) is 66.7 Å². The van der Waals surface area contributed by atoms with Crippen molar-refractivity contribution in [2.45, 2.75) is 0 Å². The highest BCUT2D eigenvalue weighted by Crippen LogP contribution is 2.42. The number of fused-ring (bicyclic) bond motifs is 7. The average Bonchev–Trinajstić information content (AvgIpc) is 3.65. The quantitative estimate of drug-likeness (QED) is 0.207. The lowest BCUT2D eigenvalue weighted by atomic mass is 10.1. The van der Waals surface area contributed by atoms with Gasteiger partial charge in [0.25, 0.3) is 0 Å². The molecule has 0 amide bonds. The van der Waals surface area contributed by atoms with Gasteiger partial charge in [-0.25, -0.2) is 24.9 Å². The van der Waals surface area contributed by atoms with Crippen molar-refractivity contribution in [2.24, 2.45) is 0 Å². The second-order valence-electron chi connectivity index (χ2n) is 10.6. The van der Waals surface area contributed by atoms with Crippen LogP contribution in [0, 0.1) is 0 Å². The van der Waals surface area contributed by atoms with Crippen LogP contribution in [-0.2, 0) is 0 Å². The Kier molecular flexibility index (Phi) is 5.57. The summed E-state index contributed by atoms with van der Waals surface area (Å²) in [5.41, 5.74) is 4.61. The minimum atomic E-state index is 0.495. The van der Waals surface area contributed by atoms with Gasteiger partial charge in [0, 0.05) is 43.6 Å². The Morgan fingerprint density at radius 3 is 1.84 bits per heavy atom. The zero-order valence-corrected chi connectivity index (χ0v) is 24.1. The van der Waals surface area contributed by atoms with Gasteiger partial charge in [-0.05, 0) is 18.2 Å². The maximum atomic E-state index is 5.12. The summed E-state index contributed by atoms with van der Waals surface area (Å²) in [6.45, 7) is 0. The third-order valence-electron chi connectivity index (χ3n) is 7.95. The molecule has 0 aliphatic rings. The predicted molar refractivity (Wildman–Crippen MR) is 179 cm³/mol. The van der Waals surface area contributed by atoms with Crippen molar-refractivity contribution in [2.75, 3.05) is 0 Å². The van der Waals surface area contributed by atoms with Gasteiger partial charge in [-0.2, -0.15) is 0 Å². The molecule has 0 aliphatic heterocycles. The van der Waals surface area contributed by atoms with Crippen molar-refractivity contribution in [1.82, 2.24) is 29.5 Å². The number of rotatable bonds is 4. The second kappa shape index (κ2) is 9.90. The fourth-order valence-electron chi connectivity index (χ4n) is 5.94. The molecule has 0 fully saturated rings. The predicted octanol–water partition coefficient (Wildman–Crippen LogP) is 9.13.